The Morgan fingerprint density at radius 1 is 1.24 bits per heavy atom. The van der Waals surface area contributed by atoms with Crippen LogP contribution in [-0.4, -0.2) is 65.4 Å². The molecule has 2 aromatic rings. The molecule has 0 aliphatic carbocycles. The summed E-state index contributed by atoms with van der Waals surface area (Å²) in [7, 11) is 1.58. The lowest BCUT2D eigenvalue weighted by Crippen LogP contribution is -2.48. The van der Waals surface area contributed by atoms with Gasteiger partial charge in [0.1, 0.15) is 0 Å². The third-order valence-corrected chi connectivity index (χ3v) is 4.67. The van der Waals surface area contributed by atoms with E-state index in [0.717, 1.165) is 50.4 Å². The molecule has 29 heavy (non-hydrogen) atoms. The number of benzene rings is 1. The molecule has 0 radical (unpaired) electrons. The molecular weight excluding hydrogens is 381 g/mol. The summed E-state index contributed by atoms with van der Waals surface area (Å²) in [5.41, 5.74) is 0.632. The van der Waals surface area contributed by atoms with Gasteiger partial charge in [-0.25, -0.2) is 4.98 Å². The van der Waals surface area contributed by atoms with Gasteiger partial charge in [0.15, 0.2) is 0 Å². The van der Waals surface area contributed by atoms with Gasteiger partial charge >= 0.3 is 5.69 Å². The summed E-state index contributed by atoms with van der Waals surface area (Å²) in [5, 5.41) is 13.4. The van der Waals surface area contributed by atoms with Gasteiger partial charge in [0, 0.05) is 56.7 Å². The highest BCUT2D eigenvalue weighted by atomic mass is 19.1. The highest BCUT2D eigenvalue weighted by Gasteiger charge is 2.20. The maximum Gasteiger partial charge on any atom is 0.306 e. The number of nitrogens with zero attached hydrogens (tertiary/aromatic N) is 4. The van der Waals surface area contributed by atoms with E-state index in [1.807, 2.05) is 17.0 Å². The predicted molar refractivity (Wildman–Crippen MR) is 104 cm³/mol. The SMILES string of the molecule is COc1ccc(CN2CCN(CC(=O)Nc3ccc(F)c([N+](=O)[O-])c3)CC2)cn1. The first kappa shape index (κ1) is 20.6. The summed E-state index contributed by atoms with van der Waals surface area (Å²) in [6.07, 6.45) is 1.79. The van der Waals surface area contributed by atoms with Crippen LogP contribution in [0.5, 0.6) is 5.88 Å². The standard InChI is InChI=1S/C19H22FN5O4/c1-29-19-5-2-14(11-21-19)12-23-6-8-24(9-7-23)13-18(26)22-15-3-4-16(20)17(10-15)25(27)28/h2-5,10-11H,6-9,12-13H2,1H3,(H,22,26). The van der Waals surface area contributed by atoms with Crippen molar-refractivity contribution in [2.24, 2.45) is 0 Å². The van der Waals surface area contributed by atoms with Crippen molar-refractivity contribution in [2.75, 3.05) is 45.2 Å². The average molecular weight is 403 g/mol. The van der Waals surface area contributed by atoms with Crippen molar-refractivity contribution in [1.82, 2.24) is 14.8 Å². The molecule has 1 saturated heterocycles. The van der Waals surface area contributed by atoms with Crippen molar-refractivity contribution in [3.05, 3.63) is 58.0 Å². The minimum atomic E-state index is -0.934. The van der Waals surface area contributed by atoms with Gasteiger partial charge in [-0.2, -0.15) is 4.39 Å². The topological polar surface area (TPSA) is 101 Å². The number of ether oxygens (including phenoxy) is 1. The fraction of sp³-hybridized carbons (Fsp3) is 0.368. The van der Waals surface area contributed by atoms with Crippen LogP contribution in [0.15, 0.2) is 36.5 Å². The molecule has 0 bridgehead atoms. The molecule has 0 atom stereocenters. The molecule has 1 N–H and O–H groups in total. The lowest BCUT2D eigenvalue weighted by molar-refractivity contribution is -0.387. The molecular formula is C19H22FN5O4. The molecule has 1 fully saturated rings. The minimum Gasteiger partial charge on any atom is -0.481 e. The van der Waals surface area contributed by atoms with E-state index in [1.165, 1.54) is 6.07 Å². The quantitative estimate of drug-likeness (QED) is 0.557. The molecule has 1 aliphatic heterocycles. The highest BCUT2D eigenvalue weighted by molar-refractivity contribution is 5.92. The second-order valence-corrected chi connectivity index (χ2v) is 6.73. The summed E-state index contributed by atoms with van der Waals surface area (Å²) in [4.78, 5) is 30.7. The average Bonchev–Trinajstić information content (AvgIpc) is 2.71. The molecule has 1 aromatic heterocycles. The number of pyridine rings is 1. The van der Waals surface area contributed by atoms with Crippen molar-refractivity contribution in [3.63, 3.8) is 0 Å². The number of anilines is 1. The van der Waals surface area contributed by atoms with E-state index in [9.17, 15) is 19.3 Å². The van der Waals surface area contributed by atoms with Gasteiger partial charge in [0.2, 0.25) is 17.6 Å². The number of hydrogen-bond acceptors (Lipinski definition) is 7. The largest absolute Gasteiger partial charge is 0.481 e. The molecule has 1 aromatic carbocycles. The number of carbonyl (C=O) groups is 1. The van der Waals surface area contributed by atoms with Crippen LogP contribution in [0.25, 0.3) is 0 Å². The summed E-state index contributed by atoms with van der Waals surface area (Å²) in [6.45, 7) is 4.00. The number of amides is 1. The molecule has 0 saturated carbocycles. The second-order valence-electron chi connectivity index (χ2n) is 6.73. The molecule has 1 aliphatic rings. The van der Waals surface area contributed by atoms with Crippen molar-refractivity contribution in [1.29, 1.82) is 0 Å². The Morgan fingerprint density at radius 3 is 2.59 bits per heavy atom. The molecule has 154 valence electrons. The first-order valence-corrected chi connectivity index (χ1v) is 9.12. The highest BCUT2D eigenvalue weighted by Crippen LogP contribution is 2.21. The molecule has 1 amide bonds. The summed E-state index contributed by atoms with van der Waals surface area (Å²) in [6, 6.07) is 7.11. The number of piperazine rings is 1. The van der Waals surface area contributed by atoms with E-state index in [4.69, 9.17) is 4.74 Å². The van der Waals surface area contributed by atoms with E-state index < -0.39 is 16.4 Å². The zero-order chi connectivity index (χ0) is 20.8. The number of rotatable bonds is 7. The van der Waals surface area contributed by atoms with Gasteiger partial charge in [0.25, 0.3) is 0 Å². The van der Waals surface area contributed by atoms with Crippen LogP contribution >= 0.6 is 0 Å². The van der Waals surface area contributed by atoms with E-state index in [0.29, 0.717) is 5.88 Å². The smallest absolute Gasteiger partial charge is 0.306 e. The van der Waals surface area contributed by atoms with E-state index in [1.54, 1.807) is 13.3 Å². The fourth-order valence-corrected chi connectivity index (χ4v) is 3.12. The number of halogens is 1. The normalized spacial score (nSPS) is 15.1. The van der Waals surface area contributed by atoms with Gasteiger partial charge in [-0.15, -0.1) is 0 Å². The Labute approximate surface area is 167 Å². The van der Waals surface area contributed by atoms with Crippen LogP contribution in [0.4, 0.5) is 15.8 Å². The number of nitro groups is 1. The summed E-state index contributed by atoms with van der Waals surface area (Å²) in [5.74, 6) is -0.647. The number of nitrogens with one attached hydrogen (secondary N) is 1. The summed E-state index contributed by atoms with van der Waals surface area (Å²) < 4.78 is 18.4. The van der Waals surface area contributed by atoms with Crippen LogP contribution in [0.3, 0.4) is 0 Å². The monoisotopic (exact) mass is 403 g/mol. The molecule has 0 unspecified atom stereocenters. The predicted octanol–water partition coefficient (Wildman–Crippen LogP) is 1.89. The first-order chi connectivity index (χ1) is 13.9. The van der Waals surface area contributed by atoms with Crippen molar-refractivity contribution < 1.29 is 18.8 Å². The van der Waals surface area contributed by atoms with E-state index in [2.05, 4.69) is 15.2 Å². The third kappa shape index (κ3) is 5.69. The lowest BCUT2D eigenvalue weighted by Gasteiger charge is -2.34. The number of aromatic nitrogens is 1. The van der Waals surface area contributed by atoms with Gasteiger partial charge in [-0.05, 0) is 17.7 Å². The van der Waals surface area contributed by atoms with Crippen LogP contribution < -0.4 is 10.1 Å². The molecule has 9 nitrogen and oxygen atoms in total. The Balaban J connectivity index is 1.46. The van der Waals surface area contributed by atoms with Gasteiger partial charge < -0.3 is 10.1 Å². The van der Waals surface area contributed by atoms with Crippen LogP contribution in [0, 0.1) is 15.9 Å². The number of nitro benzene ring substituents is 1. The first-order valence-electron chi connectivity index (χ1n) is 9.12. The summed E-state index contributed by atoms with van der Waals surface area (Å²) >= 11 is 0. The lowest BCUT2D eigenvalue weighted by atomic mass is 10.2. The Hall–Kier alpha value is -3.11. The zero-order valence-corrected chi connectivity index (χ0v) is 16.0. The number of methoxy groups -OCH3 is 1. The molecule has 2 heterocycles. The zero-order valence-electron chi connectivity index (χ0n) is 16.0. The van der Waals surface area contributed by atoms with Crippen LogP contribution in [0.2, 0.25) is 0 Å². The molecule has 10 heteroatoms. The number of carbonyl (C=O) groups excluding carboxylic acids is 1. The fourth-order valence-electron chi connectivity index (χ4n) is 3.12. The van der Waals surface area contributed by atoms with Gasteiger partial charge in [-0.3, -0.25) is 24.7 Å². The Morgan fingerprint density at radius 2 is 1.97 bits per heavy atom. The Bertz CT molecular complexity index is 869. The maximum absolute atomic E-state index is 13.4. The maximum atomic E-state index is 13.4. The van der Waals surface area contributed by atoms with Gasteiger partial charge in [-0.1, -0.05) is 6.07 Å². The van der Waals surface area contributed by atoms with E-state index in [-0.39, 0.29) is 18.1 Å². The number of hydrogen-bond donors (Lipinski definition) is 1. The van der Waals surface area contributed by atoms with E-state index >= 15 is 0 Å². The van der Waals surface area contributed by atoms with Crippen molar-refractivity contribution >= 4 is 17.3 Å². The van der Waals surface area contributed by atoms with Crippen LogP contribution in [0.1, 0.15) is 5.56 Å². The van der Waals surface area contributed by atoms with Crippen molar-refractivity contribution in [2.45, 2.75) is 6.54 Å². The minimum absolute atomic E-state index is 0.170. The van der Waals surface area contributed by atoms with Gasteiger partial charge in [0.05, 0.1) is 18.6 Å². The van der Waals surface area contributed by atoms with Crippen molar-refractivity contribution in [3.8, 4) is 5.88 Å². The molecule has 3 rings (SSSR count). The molecule has 0 spiro atoms. The third-order valence-electron chi connectivity index (χ3n) is 4.67. The second kappa shape index (κ2) is 9.39. The Kier molecular flexibility index (Phi) is 6.68. The van der Waals surface area contributed by atoms with Crippen LogP contribution in [-0.2, 0) is 11.3 Å².